The molecule has 0 heterocycles. The molecule has 76 valence electrons. The monoisotopic (exact) mass is 204 g/mol. The van der Waals surface area contributed by atoms with Crippen LogP contribution in [0.4, 0.5) is 23.7 Å². The normalized spacial score (nSPS) is 10.8. The van der Waals surface area contributed by atoms with Crippen LogP contribution in [-0.4, -0.2) is 12.3 Å². The molecule has 0 bridgehead atoms. The van der Waals surface area contributed by atoms with Crippen molar-refractivity contribution in [3.8, 4) is 0 Å². The number of anilines is 1. The van der Waals surface area contributed by atoms with Crippen LogP contribution in [0.25, 0.3) is 0 Å². The first kappa shape index (κ1) is 10.4. The largest absolute Gasteiger partial charge is 0.485 e. The van der Waals surface area contributed by atoms with Crippen molar-refractivity contribution >= 4 is 11.7 Å². The zero-order valence-corrected chi connectivity index (χ0v) is 6.93. The number of para-hydroxylation sites is 1. The third-order valence-electron chi connectivity index (χ3n) is 1.29. The first-order chi connectivity index (χ1) is 6.47. The fourth-order valence-corrected chi connectivity index (χ4v) is 0.813. The number of carbonyl (C=O) groups excluding carboxylic acids is 1. The highest BCUT2D eigenvalue weighted by molar-refractivity contribution is 5.89. The molecule has 0 saturated carbocycles. The maximum atomic E-state index is 11.6. The van der Waals surface area contributed by atoms with E-state index in [1.165, 1.54) is 12.1 Å². The third kappa shape index (κ3) is 3.79. The Kier molecular flexibility index (Phi) is 2.95. The molecule has 0 aromatic heterocycles. The lowest BCUT2D eigenvalue weighted by atomic mass is 10.3. The number of amides is 2. The Balaban J connectivity index is 2.50. The topological polar surface area (TPSA) is 41.1 Å². The van der Waals surface area contributed by atoms with E-state index in [4.69, 9.17) is 0 Å². The lowest BCUT2D eigenvalue weighted by molar-refractivity contribution is -0.144. The molecule has 0 aliphatic rings. The minimum atomic E-state index is -4.71. The zero-order valence-electron chi connectivity index (χ0n) is 6.93. The minimum absolute atomic E-state index is 0.300. The number of hydrogen-bond donors (Lipinski definition) is 2. The van der Waals surface area contributed by atoms with Crippen LogP contribution in [0, 0.1) is 0 Å². The Hall–Kier alpha value is -1.72. The molecular weight excluding hydrogens is 197 g/mol. The Labute approximate surface area is 77.9 Å². The van der Waals surface area contributed by atoms with Gasteiger partial charge in [0.15, 0.2) is 0 Å². The van der Waals surface area contributed by atoms with Crippen molar-refractivity contribution in [2.75, 3.05) is 5.32 Å². The van der Waals surface area contributed by atoms with Gasteiger partial charge in [-0.3, -0.25) is 0 Å². The van der Waals surface area contributed by atoms with Gasteiger partial charge in [-0.15, -0.1) is 0 Å². The van der Waals surface area contributed by atoms with Gasteiger partial charge in [-0.05, 0) is 12.1 Å². The highest BCUT2D eigenvalue weighted by Crippen LogP contribution is 2.10. The van der Waals surface area contributed by atoms with Gasteiger partial charge in [-0.1, -0.05) is 18.2 Å². The van der Waals surface area contributed by atoms with E-state index in [-0.39, 0.29) is 0 Å². The van der Waals surface area contributed by atoms with Crippen molar-refractivity contribution in [2.45, 2.75) is 6.30 Å². The van der Waals surface area contributed by atoms with Crippen molar-refractivity contribution in [3.63, 3.8) is 0 Å². The summed E-state index contributed by atoms with van der Waals surface area (Å²) in [5, 5.41) is 2.85. The SMILES string of the molecule is O=C(Nc1ccccc1)NC(F)(F)F. The molecule has 1 aromatic rings. The molecule has 0 radical (unpaired) electrons. The van der Waals surface area contributed by atoms with Gasteiger partial charge in [0.25, 0.3) is 0 Å². The fourth-order valence-electron chi connectivity index (χ4n) is 0.813. The van der Waals surface area contributed by atoms with Crippen LogP contribution >= 0.6 is 0 Å². The van der Waals surface area contributed by atoms with E-state index in [1.807, 2.05) is 5.32 Å². The number of rotatable bonds is 1. The van der Waals surface area contributed by atoms with Crippen molar-refractivity contribution in [1.82, 2.24) is 5.32 Å². The minimum Gasteiger partial charge on any atom is -0.308 e. The van der Waals surface area contributed by atoms with Crippen LogP contribution in [-0.2, 0) is 0 Å². The van der Waals surface area contributed by atoms with E-state index >= 15 is 0 Å². The van der Waals surface area contributed by atoms with Crippen LogP contribution < -0.4 is 10.6 Å². The number of urea groups is 1. The van der Waals surface area contributed by atoms with Gasteiger partial charge in [-0.25, -0.2) is 10.1 Å². The van der Waals surface area contributed by atoms with Crippen molar-refractivity contribution < 1.29 is 18.0 Å². The number of benzene rings is 1. The summed E-state index contributed by atoms with van der Waals surface area (Å²) in [4.78, 5) is 10.7. The number of nitrogens with one attached hydrogen (secondary N) is 2. The summed E-state index contributed by atoms with van der Waals surface area (Å²) >= 11 is 0. The molecule has 2 amide bonds. The molecular formula is C8H7F3N2O. The predicted octanol–water partition coefficient (Wildman–Crippen LogP) is 2.33. The molecule has 0 atom stereocenters. The van der Waals surface area contributed by atoms with Gasteiger partial charge in [0, 0.05) is 5.69 Å². The molecule has 2 N–H and O–H groups in total. The highest BCUT2D eigenvalue weighted by atomic mass is 19.4. The second-order valence-corrected chi connectivity index (χ2v) is 2.44. The van der Waals surface area contributed by atoms with Gasteiger partial charge in [-0.2, -0.15) is 13.2 Å². The van der Waals surface area contributed by atoms with Crippen LogP contribution in [0.1, 0.15) is 0 Å². The maximum absolute atomic E-state index is 11.6. The van der Waals surface area contributed by atoms with E-state index < -0.39 is 12.3 Å². The van der Waals surface area contributed by atoms with Crippen molar-refractivity contribution in [1.29, 1.82) is 0 Å². The Morgan fingerprint density at radius 3 is 2.21 bits per heavy atom. The van der Waals surface area contributed by atoms with Gasteiger partial charge in [0.05, 0.1) is 0 Å². The standard InChI is InChI=1S/C8H7F3N2O/c9-8(10,11)13-7(14)12-6-4-2-1-3-5-6/h1-5H,(H2,12,13,14). The van der Waals surface area contributed by atoms with Crippen LogP contribution in [0.2, 0.25) is 0 Å². The summed E-state index contributed by atoms with van der Waals surface area (Å²) in [6.45, 7) is 0. The molecule has 14 heavy (non-hydrogen) atoms. The summed E-state index contributed by atoms with van der Waals surface area (Å²) in [7, 11) is 0. The Morgan fingerprint density at radius 2 is 1.71 bits per heavy atom. The Bertz CT molecular complexity index is 310. The fraction of sp³-hybridized carbons (Fsp3) is 0.125. The summed E-state index contributed by atoms with van der Waals surface area (Å²) < 4.78 is 34.9. The highest BCUT2D eigenvalue weighted by Gasteiger charge is 2.29. The van der Waals surface area contributed by atoms with E-state index in [0.717, 1.165) is 5.32 Å². The predicted molar refractivity (Wildman–Crippen MR) is 44.7 cm³/mol. The molecule has 0 unspecified atom stereocenters. The third-order valence-corrected chi connectivity index (χ3v) is 1.29. The second-order valence-electron chi connectivity index (χ2n) is 2.44. The van der Waals surface area contributed by atoms with E-state index in [2.05, 4.69) is 0 Å². The number of carbonyl (C=O) groups is 1. The summed E-state index contributed by atoms with van der Waals surface area (Å²) in [6.07, 6.45) is -4.71. The van der Waals surface area contributed by atoms with Crippen LogP contribution in [0.3, 0.4) is 0 Å². The molecule has 1 rings (SSSR count). The molecule has 3 nitrogen and oxygen atoms in total. The molecule has 0 aliphatic heterocycles. The number of alkyl halides is 3. The number of hydrogen-bond acceptors (Lipinski definition) is 1. The van der Waals surface area contributed by atoms with Crippen molar-refractivity contribution in [3.05, 3.63) is 30.3 Å². The molecule has 0 fully saturated rings. The van der Waals surface area contributed by atoms with E-state index in [0.29, 0.717) is 5.69 Å². The summed E-state index contributed by atoms with van der Waals surface area (Å²) in [6, 6.07) is 6.55. The van der Waals surface area contributed by atoms with E-state index in [9.17, 15) is 18.0 Å². The zero-order chi connectivity index (χ0) is 10.6. The quantitative estimate of drug-likeness (QED) is 0.677. The molecule has 0 aliphatic carbocycles. The lowest BCUT2D eigenvalue weighted by Crippen LogP contribution is -2.40. The lowest BCUT2D eigenvalue weighted by Gasteiger charge is -2.09. The average molecular weight is 204 g/mol. The molecule has 0 saturated heterocycles. The van der Waals surface area contributed by atoms with Crippen LogP contribution in [0.15, 0.2) is 30.3 Å². The van der Waals surface area contributed by atoms with Gasteiger partial charge >= 0.3 is 12.3 Å². The smallest absolute Gasteiger partial charge is 0.308 e. The van der Waals surface area contributed by atoms with Gasteiger partial charge in [0.2, 0.25) is 0 Å². The average Bonchev–Trinajstić information content (AvgIpc) is 2.02. The van der Waals surface area contributed by atoms with Gasteiger partial charge < -0.3 is 5.32 Å². The summed E-state index contributed by atoms with van der Waals surface area (Å²) in [5.74, 6) is 0. The Morgan fingerprint density at radius 1 is 1.14 bits per heavy atom. The molecule has 6 heteroatoms. The van der Waals surface area contributed by atoms with Gasteiger partial charge in [0.1, 0.15) is 0 Å². The summed E-state index contributed by atoms with van der Waals surface area (Å²) in [5.41, 5.74) is 0.300. The number of halogens is 3. The van der Waals surface area contributed by atoms with Crippen LogP contribution in [0.5, 0.6) is 0 Å². The molecule has 1 aromatic carbocycles. The van der Waals surface area contributed by atoms with E-state index in [1.54, 1.807) is 18.2 Å². The first-order valence-electron chi connectivity index (χ1n) is 3.68. The molecule has 0 spiro atoms. The maximum Gasteiger partial charge on any atom is 0.485 e. The first-order valence-corrected chi connectivity index (χ1v) is 3.68. The van der Waals surface area contributed by atoms with Crippen molar-refractivity contribution in [2.24, 2.45) is 0 Å². The second kappa shape index (κ2) is 3.99.